The summed E-state index contributed by atoms with van der Waals surface area (Å²) >= 11 is 0. The molecule has 0 radical (unpaired) electrons. The molecule has 1 saturated heterocycles. The van der Waals surface area contributed by atoms with E-state index in [1.165, 1.54) is 12.1 Å². The fourth-order valence-electron chi connectivity index (χ4n) is 1.84. The van der Waals surface area contributed by atoms with Crippen LogP contribution in [0.1, 0.15) is 19.4 Å². The van der Waals surface area contributed by atoms with E-state index in [0.717, 1.165) is 25.1 Å². The highest BCUT2D eigenvalue weighted by atomic mass is 19.1. The van der Waals surface area contributed by atoms with E-state index in [-0.39, 0.29) is 17.5 Å². The molecule has 1 N–H and O–H groups in total. The monoisotopic (exact) mass is 223 g/mol. The summed E-state index contributed by atoms with van der Waals surface area (Å²) in [6.07, 6.45) is 1.03. The lowest BCUT2D eigenvalue weighted by Gasteiger charge is -2.36. The fraction of sp³-hybridized carbons (Fsp3) is 0.538. The zero-order valence-electron chi connectivity index (χ0n) is 9.79. The molecule has 3 heteroatoms. The van der Waals surface area contributed by atoms with Crippen molar-refractivity contribution in [3.8, 4) is 0 Å². The maximum atomic E-state index is 12.7. The first-order valence-corrected chi connectivity index (χ1v) is 5.66. The van der Waals surface area contributed by atoms with Crippen LogP contribution in [0.2, 0.25) is 0 Å². The molecule has 1 fully saturated rings. The normalized spacial score (nSPS) is 24.3. The van der Waals surface area contributed by atoms with Crippen LogP contribution in [0.15, 0.2) is 24.3 Å². The second-order valence-corrected chi connectivity index (χ2v) is 5.03. The summed E-state index contributed by atoms with van der Waals surface area (Å²) in [7, 11) is 0. The minimum absolute atomic E-state index is 0.0687. The predicted molar refractivity (Wildman–Crippen MR) is 61.9 cm³/mol. The number of benzene rings is 1. The van der Waals surface area contributed by atoms with Gasteiger partial charge in [0.1, 0.15) is 5.82 Å². The van der Waals surface area contributed by atoms with E-state index in [4.69, 9.17) is 4.74 Å². The average Bonchev–Trinajstić information content (AvgIpc) is 2.24. The highest BCUT2D eigenvalue weighted by Gasteiger charge is 2.26. The Balaban J connectivity index is 1.89. The van der Waals surface area contributed by atoms with Gasteiger partial charge in [-0.3, -0.25) is 0 Å². The minimum atomic E-state index is -0.187. The molecule has 1 aromatic rings. The SMILES string of the molecule is CC1(C)COC(Cc2ccc(F)cc2)CN1. The average molecular weight is 223 g/mol. The molecule has 0 spiro atoms. The molecule has 0 bridgehead atoms. The van der Waals surface area contributed by atoms with Gasteiger partial charge in [-0.25, -0.2) is 4.39 Å². The van der Waals surface area contributed by atoms with Gasteiger partial charge in [0.2, 0.25) is 0 Å². The molecule has 1 heterocycles. The lowest BCUT2D eigenvalue weighted by Crippen LogP contribution is -2.53. The Labute approximate surface area is 95.8 Å². The molecule has 2 nitrogen and oxygen atoms in total. The number of halogens is 1. The lowest BCUT2D eigenvalue weighted by molar-refractivity contribution is -0.0206. The molecular weight excluding hydrogens is 205 g/mol. The summed E-state index contributed by atoms with van der Waals surface area (Å²) < 4.78 is 18.5. The van der Waals surface area contributed by atoms with E-state index < -0.39 is 0 Å². The first-order chi connectivity index (χ1) is 7.55. The van der Waals surface area contributed by atoms with Crippen LogP contribution in [0.3, 0.4) is 0 Å². The topological polar surface area (TPSA) is 21.3 Å². The van der Waals surface area contributed by atoms with E-state index in [9.17, 15) is 4.39 Å². The highest BCUT2D eigenvalue weighted by Crippen LogP contribution is 2.14. The molecule has 0 saturated carbocycles. The highest BCUT2D eigenvalue weighted by molar-refractivity contribution is 5.17. The number of hydrogen-bond acceptors (Lipinski definition) is 2. The van der Waals surface area contributed by atoms with E-state index >= 15 is 0 Å². The molecule has 1 unspecified atom stereocenters. The first kappa shape index (κ1) is 11.6. The van der Waals surface area contributed by atoms with E-state index in [1.54, 1.807) is 0 Å². The van der Waals surface area contributed by atoms with Crippen molar-refractivity contribution in [2.24, 2.45) is 0 Å². The molecule has 1 aliphatic heterocycles. The summed E-state index contributed by atoms with van der Waals surface area (Å²) in [6.45, 7) is 5.82. The van der Waals surface area contributed by atoms with Crippen molar-refractivity contribution in [2.45, 2.75) is 31.9 Å². The van der Waals surface area contributed by atoms with Gasteiger partial charge in [-0.1, -0.05) is 12.1 Å². The van der Waals surface area contributed by atoms with Gasteiger partial charge >= 0.3 is 0 Å². The van der Waals surface area contributed by atoms with E-state index in [0.29, 0.717) is 0 Å². The van der Waals surface area contributed by atoms with Gasteiger partial charge in [0.05, 0.1) is 12.7 Å². The van der Waals surface area contributed by atoms with E-state index in [2.05, 4.69) is 19.2 Å². The van der Waals surface area contributed by atoms with Crippen molar-refractivity contribution >= 4 is 0 Å². The Morgan fingerprint density at radius 2 is 2.06 bits per heavy atom. The summed E-state index contributed by atoms with van der Waals surface area (Å²) in [6, 6.07) is 6.63. The molecule has 16 heavy (non-hydrogen) atoms. The Bertz CT molecular complexity index is 337. The van der Waals surface area contributed by atoms with Gasteiger partial charge < -0.3 is 10.1 Å². The van der Waals surface area contributed by atoms with Crippen LogP contribution in [-0.4, -0.2) is 24.8 Å². The number of nitrogens with one attached hydrogen (secondary N) is 1. The zero-order chi connectivity index (χ0) is 11.6. The fourth-order valence-corrected chi connectivity index (χ4v) is 1.84. The number of ether oxygens (including phenoxy) is 1. The molecule has 1 aromatic carbocycles. The van der Waals surface area contributed by atoms with Gasteiger partial charge in [0.15, 0.2) is 0 Å². The van der Waals surface area contributed by atoms with Crippen molar-refractivity contribution in [2.75, 3.05) is 13.2 Å². The molecule has 2 rings (SSSR count). The number of morpholine rings is 1. The van der Waals surface area contributed by atoms with Crippen LogP contribution in [0.25, 0.3) is 0 Å². The quantitative estimate of drug-likeness (QED) is 0.829. The summed E-state index contributed by atoms with van der Waals surface area (Å²) in [4.78, 5) is 0. The molecule has 0 amide bonds. The Hall–Kier alpha value is -0.930. The summed E-state index contributed by atoms with van der Waals surface area (Å²) in [5, 5.41) is 3.44. The van der Waals surface area contributed by atoms with Crippen molar-refractivity contribution in [3.05, 3.63) is 35.6 Å². The van der Waals surface area contributed by atoms with E-state index in [1.807, 2.05) is 12.1 Å². The van der Waals surface area contributed by atoms with Crippen LogP contribution in [-0.2, 0) is 11.2 Å². The molecule has 88 valence electrons. The summed E-state index contributed by atoms with van der Waals surface area (Å²) in [5.41, 5.74) is 1.19. The Kier molecular flexibility index (Phi) is 3.26. The largest absolute Gasteiger partial charge is 0.375 e. The van der Waals surface area contributed by atoms with Crippen molar-refractivity contribution in [3.63, 3.8) is 0 Å². The standard InChI is InChI=1S/C13H18FNO/c1-13(2)9-16-12(8-15-13)7-10-3-5-11(14)6-4-10/h3-6,12,15H,7-9H2,1-2H3. The van der Waals surface area contributed by atoms with Gasteiger partial charge in [0.25, 0.3) is 0 Å². The van der Waals surface area contributed by atoms with Gasteiger partial charge in [-0.05, 0) is 38.0 Å². The third-order valence-corrected chi connectivity index (χ3v) is 2.86. The van der Waals surface area contributed by atoms with Gasteiger partial charge in [-0.15, -0.1) is 0 Å². The Morgan fingerprint density at radius 1 is 1.38 bits per heavy atom. The zero-order valence-corrected chi connectivity index (χ0v) is 9.79. The van der Waals surface area contributed by atoms with Crippen LogP contribution < -0.4 is 5.32 Å². The molecular formula is C13H18FNO. The number of hydrogen-bond donors (Lipinski definition) is 1. The lowest BCUT2D eigenvalue weighted by atomic mass is 10.0. The second kappa shape index (κ2) is 4.52. The Morgan fingerprint density at radius 3 is 2.62 bits per heavy atom. The van der Waals surface area contributed by atoms with Crippen molar-refractivity contribution < 1.29 is 9.13 Å². The molecule has 0 aromatic heterocycles. The molecule has 0 aliphatic carbocycles. The third kappa shape index (κ3) is 3.03. The van der Waals surface area contributed by atoms with Gasteiger partial charge in [0, 0.05) is 12.1 Å². The van der Waals surface area contributed by atoms with Gasteiger partial charge in [-0.2, -0.15) is 0 Å². The van der Waals surface area contributed by atoms with Crippen LogP contribution >= 0.6 is 0 Å². The van der Waals surface area contributed by atoms with Crippen LogP contribution in [0.4, 0.5) is 4.39 Å². The van der Waals surface area contributed by atoms with Crippen molar-refractivity contribution in [1.29, 1.82) is 0 Å². The van der Waals surface area contributed by atoms with Crippen molar-refractivity contribution in [1.82, 2.24) is 5.32 Å². The first-order valence-electron chi connectivity index (χ1n) is 5.66. The van der Waals surface area contributed by atoms with Crippen LogP contribution in [0.5, 0.6) is 0 Å². The second-order valence-electron chi connectivity index (χ2n) is 5.03. The smallest absolute Gasteiger partial charge is 0.123 e. The summed E-state index contributed by atoms with van der Waals surface area (Å²) in [5.74, 6) is -0.187. The molecule has 1 aliphatic rings. The maximum Gasteiger partial charge on any atom is 0.123 e. The predicted octanol–water partition coefficient (Wildman–Crippen LogP) is 2.14. The van der Waals surface area contributed by atoms with Crippen LogP contribution in [0, 0.1) is 5.82 Å². The number of rotatable bonds is 2. The third-order valence-electron chi connectivity index (χ3n) is 2.86. The molecule has 1 atom stereocenters. The minimum Gasteiger partial charge on any atom is -0.375 e. The maximum absolute atomic E-state index is 12.7.